The highest BCUT2D eigenvalue weighted by atomic mass is 32.1. The third-order valence-corrected chi connectivity index (χ3v) is 4.04. The first-order valence-electron chi connectivity index (χ1n) is 6.87. The number of aromatic nitrogens is 2. The van der Waals surface area contributed by atoms with E-state index in [4.69, 9.17) is 0 Å². The Balaban J connectivity index is 1.80. The van der Waals surface area contributed by atoms with Gasteiger partial charge in [-0.05, 0) is 49.2 Å². The predicted molar refractivity (Wildman–Crippen MR) is 89.2 cm³/mol. The van der Waals surface area contributed by atoms with Gasteiger partial charge in [0.2, 0.25) is 0 Å². The van der Waals surface area contributed by atoms with Crippen LogP contribution in [0.1, 0.15) is 21.6 Å². The summed E-state index contributed by atoms with van der Waals surface area (Å²) >= 11 is 1.45. The molecular weight excluding hydrogens is 294 g/mol. The largest absolute Gasteiger partial charge is 0.321 e. The number of aryl methyl sites for hydroxylation is 2. The van der Waals surface area contributed by atoms with Gasteiger partial charge in [0.05, 0.1) is 0 Å². The second-order valence-electron chi connectivity index (χ2n) is 5.10. The number of nitrogens with one attached hydrogen (secondary N) is 1. The highest BCUT2D eigenvalue weighted by molar-refractivity contribution is 7.13. The topological polar surface area (TPSA) is 54.9 Å². The minimum absolute atomic E-state index is 0.193. The lowest BCUT2D eigenvalue weighted by molar-refractivity contribution is 0.102. The Hall–Kier alpha value is -2.53. The molecule has 0 unspecified atom stereocenters. The minimum atomic E-state index is -0.193. The summed E-state index contributed by atoms with van der Waals surface area (Å²) in [5.74, 6) is -0.193. The van der Waals surface area contributed by atoms with E-state index in [9.17, 15) is 4.79 Å². The molecule has 22 heavy (non-hydrogen) atoms. The van der Waals surface area contributed by atoms with E-state index in [2.05, 4.69) is 21.4 Å². The summed E-state index contributed by atoms with van der Waals surface area (Å²) in [7, 11) is 0. The molecule has 0 aliphatic carbocycles. The molecule has 0 aliphatic rings. The molecule has 0 aliphatic heterocycles. The molecule has 3 rings (SSSR count). The molecule has 0 spiro atoms. The molecule has 1 aromatic carbocycles. The summed E-state index contributed by atoms with van der Waals surface area (Å²) in [5.41, 5.74) is 4.42. The van der Waals surface area contributed by atoms with Gasteiger partial charge < -0.3 is 5.32 Å². The molecule has 0 atom stereocenters. The Morgan fingerprint density at radius 1 is 1.09 bits per heavy atom. The molecule has 0 fully saturated rings. The third kappa shape index (κ3) is 3.20. The molecule has 2 aromatic heterocycles. The van der Waals surface area contributed by atoms with Crippen molar-refractivity contribution in [1.29, 1.82) is 0 Å². The molecule has 1 N–H and O–H groups in total. The van der Waals surface area contributed by atoms with E-state index in [1.807, 2.05) is 38.1 Å². The molecule has 5 heteroatoms. The molecule has 2 heterocycles. The van der Waals surface area contributed by atoms with Crippen LogP contribution in [0.3, 0.4) is 0 Å². The van der Waals surface area contributed by atoms with Crippen LogP contribution in [0.2, 0.25) is 0 Å². The highest BCUT2D eigenvalue weighted by Gasteiger charge is 2.12. The van der Waals surface area contributed by atoms with Gasteiger partial charge in [-0.2, -0.15) is 0 Å². The van der Waals surface area contributed by atoms with Gasteiger partial charge in [-0.15, -0.1) is 11.3 Å². The molecule has 0 saturated heterocycles. The van der Waals surface area contributed by atoms with Gasteiger partial charge >= 0.3 is 0 Å². The van der Waals surface area contributed by atoms with E-state index in [0.29, 0.717) is 5.69 Å². The Kier molecular flexibility index (Phi) is 3.98. The molecule has 0 saturated carbocycles. The smallest absolute Gasteiger partial charge is 0.275 e. The fraction of sp³-hybridized carbons (Fsp3) is 0.118. The van der Waals surface area contributed by atoms with Crippen molar-refractivity contribution in [2.75, 3.05) is 5.32 Å². The predicted octanol–water partition coefficient (Wildman–Crippen LogP) is 4.07. The average Bonchev–Trinajstić information content (AvgIpc) is 2.97. The lowest BCUT2D eigenvalue weighted by Crippen LogP contribution is -2.12. The molecule has 3 aromatic rings. The van der Waals surface area contributed by atoms with Gasteiger partial charge in [-0.3, -0.25) is 9.78 Å². The van der Waals surface area contributed by atoms with Gasteiger partial charge in [-0.25, -0.2) is 4.98 Å². The van der Waals surface area contributed by atoms with Crippen LogP contribution in [-0.4, -0.2) is 15.9 Å². The van der Waals surface area contributed by atoms with Crippen LogP contribution in [0.4, 0.5) is 5.69 Å². The molecule has 110 valence electrons. The summed E-state index contributed by atoms with van der Waals surface area (Å²) in [6, 6.07) is 9.72. The van der Waals surface area contributed by atoms with Crippen molar-refractivity contribution in [3.8, 4) is 10.6 Å². The monoisotopic (exact) mass is 309 g/mol. The third-order valence-electron chi connectivity index (χ3n) is 3.14. The molecular formula is C17H15N3OS. The number of carbonyl (C=O) groups excluding carboxylic acids is 1. The Bertz CT molecular complexity index is 792. The standard InChI is InChI=1S/C17H15N3OS/c1-11-7-12(2)9-14(8-11)19-16(21)15-10-22-17(20-15)13-3-5-18-6-4-13/h3-10H,1-2H3,(H,19,21). The van der Waals surface area contributed by atoms with Crippen molar-refractivity contribution in [3.05, 3.63) is 64.9 Å². The van der Waals surface area contributed by atoms with Gasteiger partial charge in [0, 0.05) is 29.0 Å². The van der Waals surface area contributed by atoms with Crippen LogP contribution in [-0.2, 0) is 0 Å². The maximum atomic E-state index is 12.3. The van der Waals surface area contributed by atoms with Crippen LogP contribution in [0.15, 0.2) is 48.1 Å². The van der Waals surface area contributed by atoms with Gasteiger partial charge in [0.15, 0.2) is 0 Å². The zero-order valence-corrected chi connectivity index (χ0v) is 13.1. The SMILES string of the molecule is Cc1cc(C)cc(NC(=O)c2csc(-c3ccncc3)n2)c1. The van der Waals surface area contributed by atoms with E-state index in [1.54, 1.807) is 17.8 Å². The Morgan fingerprint density at radius 2 is 1.77 bits per heavy atom. The first-order chi connectivity index (χ1) is 10.6. The number of hydrogen-bond donors (Lipinski definition) is 1. The van der Waals surface area contributed by atoms with Crippen LogP contribution in [0, 0.1) is 13.8 Å². The molecule has 0 radical (unpaired) electrons. The van der Waals surface area contributed by atoms with Crippen LogP contribution >= 0.6 is 11.3 Å². The number of carbonyl (C=O) groups is 1. The minimum Gasteiger partial charge on any atom is -0.321 e. The van der Waals surface area contributed by atoms with Crippen molar-refractivity contribution in [1.82, 2.24) is 9.97 Å². The van der Waals surface area contributed by atoms with Crippen molar-refractivity contribution in [2.45, 2.75) is 13.8 Å². The maximum absolute atomic E-state index is 12.3. The summed E-state index contributed by atoms with van der Waals surface area (Å²) in [6.07, 6.45) is 3.43. The van der Waals surface area contributed by atoms with Gasteiger partial charge in [0.1, 0.15) is 10.7 Å². The second kappa shape index (κ2) is 6.07. The van der Waals surface area contributed by atoms with E-state index in [1.165, 1.54) is 11.3 Å². The fourth-order valence-electron chi connectivity index (χ4n) is 2.25. The highest BCUT2D eigenvalue weighted by Crippen LogP contribution is 2.23. The Morgan fingerprint density at radius 3 is 2.45 bits per heavy atom. The lowest BCUT2D eigenvalue weighted by Gasteiger charge is -2.06. The number of rotatable bonds is 3. The van der Waals surface area contributed by atoms with E-state index >= 15 is 0 Å². The first kappa shape index (κ1) is 14.4. The average molecular weight is 309 g/mol. The number of pyridine rings is 1. The van der Waals surface area contributed by atoms with E-state index < -0.39 is 0 Å². The summed E-state index contributed by atoms with van der Waals surface area (Å²) in [6.45, 7) is 4.01. The molecule has 1 amide bonds. The summed E-state index contributed by atoms with van der Waals surface area (Å²) < 4.78 is 0. The van der Waals surface area contributed by atoms with E-state index in [-0.39, 0.29) is 5.91 Å². The zero-order chi connectivity index (χ0) is 15.5. The quantitative estimate of drug-likeness (QED) is 0.793. The van der Waals surface area contributed by atoms with Crippen molar-refractivity contribution in [3.63, 3.8) is 0 Å². The van der Waals surface area contributed by atoms with Crippen molar-refractivity contribution >= 4 is 22.9 Å². The first-order valence-corrected chi connectivity index (χ1v) is 7.75. The number of benzene rings is 1. The van der Waals surface area contributed by atoms with Gasteiger partial charge in [0.25, 0.3) is 5.91 Å². The van der Waals surface area contributed by atoms with Crippen molar-refractivity contribution in [2.24, 2.45) is 0 Å². The zero-order valence-electron chi connectivity index (χ0n) is 12.3. The van der Waals surface area contributed by atoms with Crippen LogP contribution in [0.25, 0.3) is 10.6 Å². The second-order valence-corrected chi connectivity index (χ2v) is 5.96. The molecule has 4 nitrogen and oxygen atoms in total. The Labute approximate surface area is 132 Å². The van der Waals surface area contributed by atoms with Crippen LogP contribution < -0.4 is 5.32 Å². The fourth-order valence-corrected chi connectivity index (χ4v) is 3.05. The summed E-state index contributed by atoms with van der Waals surface area (Å²) in [5, 5.41) is 5.48. The number of amides is 1. The molecule has 0 bridgehead atoms. The number of anilines is 1. The van der Waals surface area contributed by atoms with Crippen LogP contribution in [0.5, 0.6) is 0 Å². The number of nitrogens with zero attached hydrogens (tertiary/aromatic N) is 2. The summed E-state index contributed by atoms with van der Waals surface area (Å²) in [4.78, 5) is 20.7. The normalized spacial score (nSPS) is 10.5. The maximum Gasteiger partial charge on any atom is 0.275 e. The van der Waals surface area contributed by atoms with Crippen molar-refractivity contribution < 1.29 is 4.79 Å². The number of thiazole rings is 1. The van der Waals surface area contributed by atoms with E-state index in [0.717, 1.165) is 27.4 Å². The van der Waals surface area contributed by atoms with Gasteiger partial charge in [-0.1, -0.05) is 6.07 Å². The lowest BCUT2D eigenvalue weighted by atomic mass is 10.1. The number of hydrogen-bond acceptors (Lipinski definition) is 4.